The summed E-state index contributed by atoms with van der Waals surface area (Å²) in [5.74, 6) is -1.21. The van der Waals surface area contributed by atoms with Gasteiger partial charge in [-0.3, -0.25) is 0 Å². The van der Waals surface area contributed by atoms with Crippen LogP contribution in [0.4, 0.5) is 5.69 Å². The minimum atomic E-state index is -0.613. The molecule has 2 rings (SSSR count). The minimum Gasteiger partial charge on any atom is -0.465 e. The second-order valence-electron chi connectivity index (χ2n) is 4.77. The summed E-state index contributed by atoms with van der Waals surface area (Å²) in [5, 5.41) is 0. The third kappa shape index (κ3) is 3.64. The lowest BCUT2D eigenvalue weighted by atomic mass is 10.1. The van der Waals surface area contributed by atoms with E-state index >= 15 is 0 Å². The monoisotopic (exact) mass is 425 g/mol. The van der Waals surface area contributed by atoms with E-state index in [0.717, 1.165) is 14.8 Å². The zero-order chi connectivity index (χ0) is 17.0. The lowest BCUT2D eigenvalue weighted by Gasteiger charge is -2.24. The number of rotatable bonds is 3. The molecular formula is C17H16INO4. The van der Waals surface area contributed by atoms with Crippen LogP contribution in [0, 0.1) is 10.5 Å². The van der Waals surface area contributed by atoms with Gasteiger partial charge >= 0.3 is 11.9 Å². The molecule has 1 aromatic carbocycles. The number of ether oxygens (including phenoxy) is 2. The highest BCUT2D eigenvalue weighted by atomic mass is 127. The summed E-state index contributed by atoms with van der Waals surface area (Å²) in [5.41, 5.74) is 2.14. The number of benzene rings is 1. The van der Waals surface area contributed by atoms with E-state index in [9.17, 15) is 9.59 Å². The molecule has 0 radical (unpaired) electrons. The Labute approximate surface area is 148 Å². The number of carbonyl (C=O) groups excluding carboxylic acids is 2. The third-order valence-electron chi connectivity index (χ3n) is 3.25. The van der Waals surface area contributed by atoms with Crippen LogP contribution in [-0.4, -0.2) is 26.2 Å². The Kier molecular flexibility index (Phi) is 5.59. The number of allylic oxidation sites excluding steroid dienone is 2. The predicted octanol–water partition coefficient (Wildman–Crippen LogP) is 3.09. The van der Waals surface area contributed by atoms with Crippen LogP contribution in [0.1, 0.15) is 5.56 Å². The molecule has 0 atom stereocenters. The van der Waals surface area contributed by atoms with Crippen molar-refractivity contribution in [2.45, 2.75) is 6.92 Å². The number of carbonyl (C=O) groups is 2. The van der Waals surface area contributed by atoms with Crippen LogP contribution < -0.4 is 4.90 Å². The molecule has 0 saturated heterocycles. The standard InChI is InChI=1S/C17H16INO4/c1-11-7-8-14(13(18)10-11)19-9-5-4-6-12(16(20)22-2)15(19)17(21)23-3/h4-10H,1-3H3. The van der Waals surface area contributed by atoms with Gasteiger partial charge in [-0.25, -0.2) is 9.59 Å². The molecule has 1 aliphatic rings. The van der Waals surface area contributed by atoms with Crippen LogP contribution in [0.25, 0.3) is 0 Å². The van der Waals surface area contributed by atoms with E-state index in [2.05, 4.69) is 22.6 Å². The summed E-state index contributed by atoms with van der Waals surface area (Å²) in [7, 11) is 2.55. The van der Waals surface area contributed by atoms with Gasteiger partial charge in [0, 0.05) is 9.77 Å². The van der Waals surface area contributed by atoms with E-state index in [1.165, 1.54) is 20.3 Å². The maximum Gasteiger partial charge on any atom is 0.355 e. The van der Waals surface area contributed by atoms with Gasteiger partial charge in [0.15, 0.2) is 0 Å². The summed E-state index contributed by atoms with van der Waals surface area (Å²) in [6, 6.07) is 5.83. The van der Waals surface area contributed by atoms with Crippen LogP contribution in [0.15, 0.2) is 53.9 Å². The fraction of sp³-hybridized carbons (Fsp3) is 0.176. The van der Waals surface area contributed by atoms with Gasteiger partial charge in [-0.05, 0) is 59.4 Å². The van der Waals surface area contributed by atoms with E-state index in [1.807, 2.05) is 25.1 Å². The molecular weight excluding hydrogens is 409 g/mol. The highest BCUT2D eigenvalue weighted by Crippen LogP contribution is 2.30. The third-order valence-corrected chi connectivity index (χ3v) is 4.12. The number of halogens is 1. The van der Waals surface area contributed by atoms with Gasteiger partial charge in [0.25, 0.3) is 0 Å². The average molecular weight is 425 g/mol. The van der Waals surface area contributed by atoms with Crippen molar-refractivity contribution < 1.29 is 19.1 Å². The van der Waals surface area contributed by atoms with Crippen LogP contribution >= 0.6 is 22.6 Å². The first kappa shape index (κ1) is 17.3. The van der Waals surface area contributed by atoms with Crippen molar-refractivity contribution in [3.8, 4) is 0 Å². The van der Waals surface area contributed by atoms with Crippen molar-refractivity contribution in [1.29, 1.82) is 0 Å². The van der Waals surface area contributed by atoms with Gasteiger partial charge in [-0.2, -0.15) is 0 Å². The van der Waals surface area contributed by atoms with Crippen molar-refractivity contribution in [3.63, 3.8) is 0 Å². The lowest BCUT2D eigenvalue weighted by molar-refractivity contribution is -0.139. The van der Waals surface area contributed by atoms with Gasteiger partial charge < -0.3 is 14.4 Å². The largest absolute Gasteiger partial charge is 0.465 e. The molecule has 120 valence electrons. The zero-order valence-corrected chi connectivity index (χ0v) is 15.2. The first-order valence-corrected chi connectivity index (χ1v) is 7.88. The van der Waals surface area contributed by atoms with E-state index in [1.54, 1.807) is 23.3 Å². The Bertz CT molecular complexity index is 734. The molecule has 1 heterocycles. The molecule has 0 bridgehead atoms. The molecule has 6 heteroatoms. The van der Waals surface area contributed by atoms with Crippen molar-refractivity contribution in [2.24, 2.45) is 0 Å². The SMILES string of the molecule is COC(=O)C1=C(C(=O)OC)N(c2ccc(C)cc2I)C=CC=C1. The van der Waals surface area contributed by atoms with Crippen LogP contribution in [0.2, 0.25) is 0 Å². The summed E-state index contributed by atoms with van der Waals surface area (Å²) in [6.07, 6.45) is 6.67. The first-order chi connectivity index (χ1) is 11.0. The first-order valence-electron chi connectivity index (χ1n) is 6.80. The van der Waals surface area contributed by atoms with Crippen molar-refractivity contribution in [1.82, 2.24) is 0 Å². The summed E-state index contributed by atoms with van der Waals surface area (Å²) < 4.78 is 10.6. The zero-order valence-electron chi connectivity index (χ0n) is 13.0. The van der Waals surface area contributed by atoms with Gasteiger partial charge in [-0.1, -0.05) is 12.1 Å². The van der Waals surface area contributed by atoms with E-state index in [0.29, 0.717) is 0 Å². The Morgan fingerprint density at radius 3 is 2.39 bits per heavy atom. The second kappa shape index (κ2) is 7.45. The van der Waals surface area contributed by atoms with Gasteiger partial charge in [-0.15, -0.1) is 0 Å². The molecule has 0 aliphatic carbocycles. The van der Waals surface area contributed by atoms with Gasteiger partial charge in [0.05, 0.1) is 25.5 Å². The molecule has 5 nitrogen and oxygen atoms in total. The second-order valence-corrected chi connectivity index (χ2v) is 5.93. The van der Waals surface area contributed by atoms with Crippen LogP contribution in [0.3, 0.4) is 0 Å². The predicted molar refractivity (Wildman–Crippen MR) is 95.7 cm³/mol. The maximum atomic E-state index is 12.3. The Morgan fingerprint density at radius 2 is 1.78 bits per heavy atom. The van der Waals surface area contributed by atoms with Crippen molar-refractivity contribution in [2.75, 3.05) is 19.1 Å². The van der Waals surface area contributed by atoms with Crippen LogP contribution in [0.5, 0.6) is 0 Å². The quantitative estimate of drug-likeness (QED) is 0.551. The maximum absolute atomic E-state index is 12.3. The van der Waals surface area contributed by atoms with Gasteiger partial charge in [0.2, 0.25) is 0 Å². The summed E-state index contributed by atoms with van der Waals surface area (Å²) in [4.78, 5) is 26.0. The Morgan fingerprint density at radius 1 is 1.09 bits per heavy atom. The number of methoxy groups -OCH3 is 2. The van der Waals surface area contributed by atoms with E-state index < -0.39 is 11.9 Å². The number of aryl methyl sites for hydroxylation is 1. The van der Waals surface area contributed by atoms with Crippen molar-refractivity contribution in [3.05, 3.63) is 63.0 Å². The fourth-order valence-corrected chi connectivity index (χ4v) is 3.09. The smallest absolute Gasteiger partial charge is 0.355 e. The average Bonchev–Trinajstić information content (AvgIpc) is 2.76. The van der Waals surface area contributed by atoms with Gasteiger partial charge in [0.1, 0.15) is 5.70 Å². The molecule has 0 unspecified atom stereocenters. The highest BCUT2D eigenvalue weighted by Gasteiger charge is 2.28. The number of nitrogens with zero attached hydrogens (tertiary/aromatic N) is 1. The molecule has 0 fully saturated rings. The van der Waals surface area contributed by atoms with E-state index in [-0.39, 0.29) is 11.3 Å². The number of esters is 2. The Balaban J connectivity index is 2.68. The van der Waals surface area contributed by atoms with Crippen molar-refractivity contribution >= 4 is 40.2 Å². The molecule has 23 heavy (non-hydrogen) atoms. The normalized spacial score (nSPS) is 13.8. The minimum absolute atomic E-state index is 0.117. The molecule has 0 saturated carbocycles. The topological polar surface area (TPSA) is 55.8 Å². The number of hydrogen-bond acceptors (Lipinski definition) is 5. The highest BCUT2D eigenvalue weighted by molar-refractivity contribution is 14.1. The summed E-state index contributed by atoms with van der Waals surface area (Å²) in [6.45, 7) is 1.99. The molecule has 0 aromatic heterocycles. The number of hydrogen-bond donors (Lipinski definition) is 0. The molecule has 1 aromatic rings. The molecule has 0 N–H and O–H groups in total. The molecule has 0 spiro atoms. The Hall–Kier alpha value is -2.09. The number of anilines is 1. The molecule has 0 amide bonds. The van der Waals surface area contributed by atoms with Crippen LogP contribution in [-0.2, 0) is 19.1 Å². The molecule has 1 aliphatic heterocycles. The fourth-order valence-electron chi connectivity index (χ4n) is 2.16. The lowest BCUT2D eigenvalue weighted by Crippen LogP contribution is -2.27. The van der Waals surface area contributed by atoms with E-state index in [4.69, 9.17) is 9.47 Å². The summed E-state index contributed by atoms with van der Waals surface area (Å²) >= 11 is 2.19.